The van der Waals surface area contributed by atoms with Crippen LogP contribution < -0.4 is 14.8 Å². The van der Waals surface area contributed by atoms with E-state index >= 15 is 0 Å². The summed E-state index contributed by atoms with van der Waals surface area (Å²) in [7, 11) is 7.21. The molecule has 0 spiro atoms. The molecule has 0 amide bonds. The minimum Gasteiger partial charge on any atom is -0.493 e. The lowest BCUT2D eigenvalue weighted by molar-refractivity contribution is 0.0276. The zero-order valence-electron chi connectivity index (χ0n) is 18.0. The number of nitrogens with one attached hydrogen (secondary N) is 1. The van der Waals surface area contributed by atoms with Gasteiger partial charge < -0.3 is 24.4 Å². The zero-order chi connectivity index (χ0) is 20.2. The van der Waals surface area contributed by atoms with Crippen molar-refractivity contribution in [3.63, 3.8) is 0 Å². The average molecular weight is 392 g/mol. The molecule has 1 N–H and O–H groups in total. The third-order valence-electron chi connectivity index (χ3n) is 5.27. The lowest BCUT2D eigenvalue weighted by atomic mass is 9.98. The maximum Gasteiger partial charge on any atom is 0.193 e. The van der Waals surface area contributed by atoms with Crippen LogP contribution in [0.5, 0.6) is 11.5 Å². The van der Waals surface area contributed by atoms with Gasteiger partial charge in [-0.2, -0.15) is 0 Å². The van der Waals surface area contributed by atoms with Crippen molar-refractivity contribution in [2.45, 2.75) is 51.0 Å². The standard InChI is InChI=1S/C22H37N3O3/c1-23-22(24-14-8-16-28-19-9-6-5-7-10-19)25(2)15-13-18-11-12-20(26-3)21(17-18)27-4/h11-12,17,19H,5-10,13-16H2,1-4H3,(H,23,24). The van der Waals surface area contributed by atoms with Gasteiger partial charge in [0, 0.05) is 33.8 Å². The van der Waals surface area contributed by atoms with E-state index in [2.05, 4.69) is 28.3 Å². The molecule has 6 heteroatoms. The molecular formula is C22H37N3O3. The largest absolute Gasteiger partial charge is 0.493 e. The second-order valence-electron chi connectivity index (χ2n) is 7.32. The van der Waals surface area contributed by atoms with E-state index in [0.29, 0.717) is 6.10 Å². The number of guanidine groups is 1. The number of hydrogen-bond acceptors (Lipinski definition) is 4. The van der Waals surface area contributed by atoms with Gasteiger partial charge >= 0.3 is 0 Å². The minimum atomic E-state index is 0.484. The van der Waals surface area contributed by atoms with Gasteiger partial charge in [-0.15, -0.1) is 0 Å². The SMILES string of the molecule is CN=C(NCCCOC1CCCCC1)N(C)CCc1ccc(OC)c(OC)c1. The van der Waals surface area contributed by atoms with Crippen LogP contribution in [0.4, 0.5) is 0 Å². The van der Waals surface area contributed by atoms with Gasteiger partial charge in [0.05, 0.1) is 20.3 Å². The summed E-state index contributed by atoms with van der Waals surface area (Å²) >= 11 is 0. The maximum absolute atomic E-state index is 5.99. The fraction of sp³-hybridized carbons (Fsp3) is 0.682. The van der Waals surface area contributed by atoms with Gasteiger partial charge in [-0.05, 0) is 43.4 Å². The maximum atomic E-state index is 5.99. The number of aliphatic imine (C=N–C) groups is 1. The Morgan fingerprint density at radius 3 is 2.57 bits per heavy atom. The summed E-state index contributed by atoms with van der Waals surface area (Å²) in [5.41, 5.74) is 1.21. The third kappa shape index (κ3) is 7.23. The first kappa shape index (κ1) is 22.3. The number of ether oxygens (including phenoxy) is 3. The van der Waals surface area contributed by atoms with E-state index in [1.165, 1.54) is 37.7 Å². The fourth-order valence-corrected chi connectivity index (χ4v) is 3.58. The number of nitrogens with zero attached hydrogens (tertiary/aromatic N) is 2. The number of rotatable bonds is 10. The summed E-state index contributed by atoms with van der Waals surface area (Å²) in [6.07, 6.45) is 8.86. The zero-order valence-corrected chi connectivity index (χ0v) is 18.0. The number of likely N-dealkylation sites (N-methyl/N-ethyl adjacent to an activating group) is 1. The molecule has 1 aromatic rings. The van der Waals surface area contributed by atoms with Gasteiger partial charge in [-0.25, -0.2) is 0 Å². The quantitative estimate of drug-likeness (QED) is 0.376. The van der Waals surface area contributed by atoms with Crippen molar-refractivity contribution in [2.75, 3.05) is 48.0 Å². The molecule has 1 aromatic carbocycles. The molecule has 28 heavy (non-hydrogen) atoms. The summed E-state index contributed by atoms with van der Waals surface area (Å²) in [6, 6.07) is 6.06. The van der Waals surface area contributed by atoms with Crippen LogP contribution in [0, 0.1) is 0 Å². The van der Waals surface area contributed by atoms with Gasteiger partial charge in [0.1, 0.15) is 0 Å². The second-order valence-corrected chi connectivity index (χ2v) is 7.32. The van der Waals surface area contributed by atoms with Crippen molar-refractivity contribution in [3.05, 3.63) is 23.8 Å². The van der Waals surface area contributed by atoms with Crippen LogP contribution in [-0.4, -0.2) is 65.0 Å². The van der Waals surface area contributed by atoms with Crippen LogP contribution in [0.25, 0.3) is 0 Å². The molecule has 2 rings (SSSR count). The van der Waals surface area contributed by atoms with E-state index in [1.807, 2.05) is 19.2 Å². The predicted octanol–water partition coefficient (Wildman–Crippen LogP) is 3.49. The molecule has 1 saturated carbocycles. The highest BCUT2D eigenvalue weighted by Crippen LogP contribution is 2.27. The highest BCUT2D eigenvalue weighted by molar-refractivity contribution is 5.79. The molecule has 0 unspecified atom stereocenters. The van der Waals surface area contributed by atoms with E-state index in [4.69, 9.17) is 14.2 Å². The Bertz CT molecular complexity index is 601. The number of benzene rings is 1. The summed E-state index contributed by atoms with van der Waals surface area (Å²) in [5.74, 6) is 2.44. The van der Waals surface area contributed by atoms with Crippen molar-refractivity contribution < 1.29 is 14.2 Å². The molecule has 6 nitrogen and oxygen atoms in total. The topological polar surface area (TPSA) is 55.3 Å². The molecule has 0 atom stereocenters. The lowest BCUT2D eigenvalue weighted by Gasteiger charge is -2.23. The van der Waals surface area contributed by atoms with Gasteiger partial charge in [-0.3, -0.25) is 4.99 Å². The molecule has 0 aliphatic heterocycles. The highest BCUT2D eigenvalue weighted by atomic mass is 16.5. The van der Waals surface area contributed by atoms with Crippen molar-refractivity contribution in [2.24, 2.45) is 4.99 Å². The first-order valence-electron chi connectivity index (χ1n) is 10.4. The van der Waals surface area contributed by atoms with E-state index in [0.717, 1.165) is 50.0 Å². The Labute approximate surface area is 170 Å². The predicted molar refractivity (Wildman–Crippen MR) is 115 cm³/mol. The Hall–Kier alpha value is -1.95. The molecule has 0 aromatic heterocycles. The molecule has 158 valence electrons. The van der Waals surface area contributed by atoms with Crippen LogP contribution in [0.3, 0.4) is 0 Å². The van der Waals surface area contributed by atoms with Crippen molar-refractivity contribution in [1.82, 2.24) is 10.2 Å². The summed E-state index contributed by atoms with van der Waals surface area (Å²) < 4.78 is 16.7. The van der Waals surface area contributed by atoms with E-state index < -0.39 is 0 Å². The number of methoxy groups -OCH3 is 2. The first-order chi connectivity index (χ1) is 13.7. The van der Waals surface area contributed by atoms with Crippen LogP contribution in [0.2, 0.25) is 0 Å². The van der Waals surface area contributed by atoms with Crippen LogP contribution in [0.1, 0.15) is 44.1 Å². The van der Waals surface area contributed by atoms with Crippen LogP contribution in [0.15, 0.2) is 23.2 Å². The van der Waals surface area contributed by atoms with Crippen molar-refractivity contribution in [1.29, 1.82) is 0 Å². The highest BCUT2D eigenvalue weighted by Gasteiger charge is 2.13. The molecule has 0 bridgehead atoms. The Morgan fingerprint density at radius 2 is 1.89 bits per heavy atom. The Morgan fingerprint density at radius 1 is 1.14 bits per heavy atom. The smallest absolute Gasteiger partial charge is 0.193 e. The molecule has 1 aliphatic carbocycles. The first-order valence-corrected chi connectivity index (χ1v) is 10.4. The molecule has 1 fully saturated rings. The summed E-state index contributed by atoms with van der Waals surface area (Å²) in [5, 5.41) is 3.44. The van der Waals surface area contributed by atoms with E-state index in [9.17, 15) is 0 Å². The molecular weight excluding hydrogens is 354 g/mol. The second kappa shape index (κ2) is 12.5. The van der Waals surface area contributed by atoms with Crippen LogP contribution in [-0.2, 0) is 11.2 Å². The Kier molecular flexibility index (Phi) is 9.97. The van der Waals surface area contributed by atoms with Crippen molar-refractivity contribution >= 4 is 5.96 Å². The van der Waals surface area contributed by atoms with Gasteiger partial charge in [-0.1, -0.05) is 25.3 Å². The van der Waals surface area contributed by atoms with Crippen LogP contribution >= 0.6 is 0 Å². The van der Waals surface area contributed by atoms with Crippen molar-refractivity contribution in [3.8, 4) is 11.5 Å². The average Bonchev–Trinajstić information content (AvgIpc) is 2.75. The lowest BCUT2D eigenvalue weighted by Crippen LogP contribution is -2.40. The molecule has 0 radical (unpaired) electrons. The van der Waals surface area contributed by atoms with E-state index in [-0.39, 0.29) is 0 Å². The van der Waals surface area contributed by atoms with Gasteiger partial charge in [0.25, 0.3) is 0 Å². The summed E-state index contributed by atoms with van der Waals surface area (Å²) in [4.78, 5) is 6.55. The monoisotopic (exact) mass is 391 g/mol. The molecule has 0 saturated heterocycles. The third-order valence-corrected chi connectivity index (χ3v) is 5.27. The summed E-state index contributed by atoms with van der Waals surface area (Å²) in [6.45, 7) is 2.57. The van der Waals surface area contributed by atoms with Gasteiger partial charge in [0.15, 0.2) is 17.5 Å². The minimum absolute atomic E-state index is 0.484. The Balaban J connectivity index is 1.68. The van der Waals surface area contributed by atoms with Gasteiger partial charge in [0.2, 0.25) is 0 Å². The fourth-order valence-electron chi connectivity index (χ4n) is 3.58. The van der Waals surface area contributed by atoms with E-state index in [1.54, 1.807) is 14.2 Å². The molecule has 1 aliphatic rings. The normalized spacial score (nSPS) is 15.4. The number of hydrogen-bond donors (Lipinski definition) is 1. The molecule has 0 heterocycles.